The third-order valence-electron chi connectivity index (χ3n) is 3.10. The van der Waals surface area contributed by atoms with Gasteiger partial charge in [0.1, 0.15) is 11.6 Å². The second kappa shape index (κ2) is 7.45. The first-order valence-corrected chi connectivity index (χ1v) is 9.01. The Morgan fingerprint density at radius 1 is 1.19 bits per heavy atom. The minimum Gasteiger partial charge on any atom is -0.372 e. The molecule has 3 nitrogen and oxygen atoms in total. The van der Waals surface area contributed by atoms with Crippen LogP contribution in [0.1, 0.15) is 36.8 Å². The Kier molecular flexibility index (Phi) is 5.87. The molecule has 0 atom stereocenters. The van der Waals surface area contributed by atoms with Gasteiger partial charge in [0.2, 0.25) is 0 Å². The van der Waals surface area contributed by atoms with Crippen molar-refractivity contribution in [1.82, 2.24) is 9.97 Å². The van der Waals surface area contributed by atoms with Gasteiger partial charge < -0.3 is 5.32 Å². The van der Waals surface area contributed by atoms with Crippen LogP contribution in [0, 0.1) is 10.5 Å². The number of aromatic nitrogens is 2. The Morgan fingerprint density at radius 3 is 2.43 bits per heavy atom. The summed E-state index contributed by atoms with van der Waals surface area (Å²) in [5, 5.41) is 3.17. The number of halogens is 1. The summed E-state index contributed by atoms with van der Waals surface area (Å²) in [5.41, 5.74) is 2.40. The van der Waals surface area contributed by atoms with E-state index < -0.39 is 0 Å². The zero-order valence-electron chi connectivity index (χ0n) is 12.8. The molecule has 0 aliphatic rings. The summed E-state index contributed by atoms with van der Waals surface area (Å²) in [6, 6.07) is 8.56. The van der Waals surface area contributed by atoms with Crippen molar-refractivity contribution in [3.8, 4) is 0 Å². The predicted octanol–water partition coefficient (Wildman–Crippen LogP) is 4.85. The lowest BCUT2D eigenvalue weighted by atomic mass is 10.1. The number of thioether (sulfide) groups is 1. The van der Waals surface area contributed by atoms with E-state index in [0.717, 1.165) is 26.7 Å². The molecule has 0 bridgehead atoms. The van der Waals surface area contributed by atoms with Crippen molar-refractivity contribution in [3.05, 3.63) is 44.9 Å². The molecule has 2 rings (SSSR count). The van der Waals surface area contributed by atoms with Gasteiger partial charge in [0, 0.05) is 11.9 Å². The molecule has 21 heavy (non-hydrogen) atoms. The summed E-state index contributed by atoms with van der Waals surface area (Å²) in [4.78, 5) is 10.6. The zero-order chi connectivity index (χ0) is 15.4. The van der Waals surface area contributed by atoms with Gasteiger partial charge in [0.05, 0.1) is 15.0 Å². The SMILES string of the molecule is CNc1nc(CSc2ccc(C)cc2)nc(C(C)C)c1I. The van der Waals surface area contributed by atoms with Crippen LogP contribution in [-0.2, 0) is 5.75 Å². The Morgan fingerprint density at radius 2 is 1.86 bits per heavy atom. The molecule has 0 spiro atoms. The van der Waals surface area contributed by atoms with Crippen LogP contribution in [0.4, 0.5) is 5.82 Å². The molecule has 0 radical (unpaired) electrons. The van der Waals surface area contributed by atoms with E-state index in [2.05, 4.69) is 77.9 Å². The number of hydrogen-bond donors (Lipinski definition) is 1. The molecular weight excluding hydrogens is 393 g/mol. The lowest BCUT2D eigenvalue weighted by Gasteiger charge is -2.13. The Balaban J connectivity index is 2.19. The number of anilines is 1. The molecule has 2 aromatic rings. The van der Waals surface area contributed by atoms with E-state index in [1.54, 1.807) is 11.8 Å². The number of nitrogens with zero attached hydrogens (tertiary/aromatic N) is 2. The van der Waals surface area contributed by atoms with Gasteiger partial charge in [-0.05, 0) is 47.6 Å². The fourth-order valence-corrected chi connectivity index (χ4v) is 3.79. The average molecular weight is 413 g/mol. The summed E-state index contributed by atoms with van der Waals surface area (Å²) in [5.74, 6) is 2.99. The summed E-state index contributed by atoms with van der Waals surface area (Å²) in [6.45, 7) is 6.44. The summed E-state index contributed by atoms with van der Waals surface area (Å²) < 4.78 is 1.12. The van der Waals surface area contributed by atoms with Crippen LogP contribution in [-0.4, -0.2) is 17.0 Å². The first-order chi connectivity index (χ1) is 10.0. The third kappa shape index (κ3) is 4.32. The molecule has 1 aromatic heterocycles. The average Bonchev–Trinajstić information content (AvgIpc) is 2.47. The minimum atomic E-state index is 0.398. The number of aryl methyl sites for hydroxylation is 1. The van der Waals surface area contributed by atoms with Crippen LogP contribution in [0.15, 0.2) is 29.2 Å². The number of rotatable bonds is 5. The van der Waals surface area contributed by atoms with Gasteiger partial charge in [-0.2, -0.15) is 0 Å². The van der Waals surface area contributed by atoms with Gasteiger partial charge in [-0.3, -0.25) is 0 Å². The molecule has 0 fully saturated rings. The van der Waals surface area contributed by atoms with Gasteiger partial charge in [-0.1, -0.05) is 31.5 Å². The quantitative estimate of drug-likeness (QED) is 0.562. The van der Waals surface area contributed by atoms with E-state index >= 15 is 0 Å². The van der Waals surface area contributed by atoms with E-state index in [-0.39, 0.29) is 0 Å². The Labute approximate surface area is 144 Å². The smallest absolute Gasteiger partial charge is 0.143 e. The van der Waals surface area contributed by atoms with Gasteiger partial charge in [0.25, 0.3) is 0 Å². The van der Waals surface area contributed by atoms with Gasteiger partial charge in [0.15, 0.2) is 0 Å². The molecule has 0 unspecified atom stereocenters. The molecule has 0 saturated carbocycles. The first-order valence-electron chi connectivity index (χ1n) is 6.94. The first kappa shape index (κ1) is 16.5. The highest BCUT2D eigenvalue weighted by atomic mass is 127. The fourth-order valence-electron chi connectivity index (χ4n) is 1.91. The number of benzene rings is 1. The lowest BCUT2D eigenvalue weighted by Crippen LogP contribution is -2.08. The largest absolute Gasteiger partial charge is 0.372 e. The Bertz CT molecular complexity index is 612. The maximum absolute atomic E-state index is 4.73. The van der Waals surface area contributed by atoms with Crippen molar-refractivity contribution >= 4 is 40.2 Å². The molecule has 0 aliphatic heterocycles. The molecule has 1 aromatic carbocycles. The van der Waals surface area contributed by atoms with Crippen molar-refractivity contribution in [1.29, 1.82) is 0 Å². The fraction of sp³-hybridized carbons (Fsp3) is 0.375. The maximum Gasteiger partial charge on any atom is 0.143 e. The monoisotopic (exact) mass is 413 g/mol. The van der Waals surface area contributed by atoms with Crippen molar-refractivity contribution in [2.75, 3.05) is 12.4 Å². The van der Waals surface area contributed by atoms with Crippen LogP contribution in [0.25, 0.3) is 0 Å². The van der Waals surface area contributed by atoms with Crippen LogP contribution in [0.2, 0.25) is 0 Å². The lowest BCUT2D eigenvalue weighted by molar-refractivity contribution is 0.792. The van der Waals surface area contributed by atoms with E-state index in [4.69, 9.17) is 4.98 Å². The van der Waals surface area contributed by atoms with Gasteiger partial charge in [-0.15, -0.1) is 11.8 Å². The van der Waals surface area contributed by atoms with Gasteiger partial charge in [-0.25, -0.2) is 9.97 Å². The molecule has 112 valence electrons. The zero-order valence-corrected chi connectivity index (χ0v) is 15.7. The second-order valence-corrected chi connectivity index (χ2v) is 7.32. The van der Waals surface area contributed by atoms with Crippen molar-refractivity contribution in [2.45, 2.75) is 37.3 Å². The molecule has 1 N–H and O–H groups in total. The van der Waals surface area contributed by atoms with E-state index in [9.17, 15) is 0 Å². The molecule has 0 amide bonds. The van der Waals surface area contributed by atoms with Crippen LogP contribution < -0.4 is 5.32 Å². The number of hydrogen-bond acceptors (Lipinski definition) is 4. The molecular formula is C16H20IN3S. The van der Waals surface area contributed by atoms with Crippen molar-refractivity contribution in [2.24, 2.45) is 0 Å². The molecule has 5 heteroatoms. The van der Waals surface area contributed by atoms with Crippen LogP contribution in [0.3, 0.4) is 0 Å². The molecule has 0 saturated heterocycles. The van der Waals surface area contributed by atoms with Crippen molar-refractivity contribution in [3.63, 3.8) is 0 Å². The normalized spacial score (nSPS) is 11.0. The number of nitrogens with one attached hydrogen (secondary N) is 1. The van der Waals surface area contributed by atoms with Crippen molar-refractivity contribution < 1.29 is 0 Å². The van der Waals surface area contributed by atoms with E-state index in [1.165, 1.54) is 10.5 Å². The standard InChI is InChI=1S/C16H20IN3S/c1-10(2)15-14(17)16(18-4)20-13(19-15)9-21-12-7-5-11(3)6-8-12/h5-8,10H,9H2,1-4H3,(H,18,19,20). The molecule has 1 heterocycles. The highest BCUT2D eigenvalue weighted by molar-refractivity contribution is 14.1. The van der Waals surface area contributed by atoms with Crippen LogP contribution in [0.5, 0.6) is 0 Å². The molecule has 0 aliphatic carbocycles. The maximum atomic E-state index is 4.73. The topological polar surface area (TPSA) is 37.8 Å². The summed E-state index contributed by atoms with van der Waals surface area (Å²) >= 11 is 4.09. The highest BCUT2D eigenvalue weighted by Crippen LogP contribution is 2.27. The summed E-state index contributed by atoms with van der Waals surface area (Å²) in [6.07, 6.45) is 0. The third-order valence-corrected chi connectivity index (χ3v) is 5.17. The second-order valence-electron chi connectivity index (χ2n) is 5.19. The van der Waals surface area contributed by atoms with Gasteiger partial charge >= 0.3 is 0 Å². The Hall–Kier alpha value is -0.820. The van der Waals surface area contributed by atoms with E-state index in [0.29, 0.717) is 5.92 Å². The summed E-state index contributed by atoms with van der Waals surface area (Å²) in [7, 11) is 1.91. The van der Waals surface area contributed by atoms with Crippen LogP contribution >= 0.6 is 34.4 Å². The predicted molar refractivity (Wildman–Crippen MR) is 99.1 cm³/mol. The minimum absolute atomic E-state index is 0.398. The highest BCUT2D eigenvalue weighted by Gasteiger charge is 2.14. The van der Waals surface area contributed by atoms with E-state index in [1.807, 2.05) is 7.05 Å².